The molecule has 0 unspecified atom stereocenters. The molecule has 0 saturated carbocycles. The second kappa shape index (κ2) is 9.60. The average Bonchev–Trinajstić information content (AvgIpc) is 2.71. The summed E-state index contributed by atoms with van der Waals surface area (Å²) in [5.41, 5.74) is 2.93. The topological polar surface area (TPSA) is 44.8 Å². The van der Waals surface area contributed by atoms with E-state index in [4.69, 9.17) is 14.2 Å². The first-order valence-electron chi connectivity index (χ1n) is 9.19. The minimum atomic E-state index is 0.0770. The summed E-state index contributed by atoms with van der Waals surface area (Å²) in [5.74, 6) is 1.73. The van der Waals surface area contributed by atoms with E-state index in [1.807, 2.05) is 72.8 Å². The van der Waals surface area contributed by atoms with Crippen LogP contribution in [0.2, 0.25) is 0 Å². The number of hydrogen-bond acceptors (Lipinski definition) is 4. The van der Waals surface area contributed by atoms with Gasteiger partial charge in [-0.25, -0.2) is 0 Å². The third-order valence-electron chi connectivity index (χ3n) is 4.21. The van der Waals surface area contributed by atoms with Gasteiger partial charge in [-0.05, 0) is 35.7 Å². The van der Waals surface area contributed by atoms with Crippen molar-refractivity contribution in [3.63, 3.8) is 0 Å². The Labute approximate surface area is 165 Å². The number of carbonyl (C=O) groups is 1. The van der Waals surface area contributed by atoms with Gasteiger partial charge in [0.2, 0.25) is 5.75 Å². The quantitative estimate of drug-likeness (QED) is 0.528. The van der Waals surface area contributed by atoms with Crippen molar-refractivity contribution in [1.29, 1.82) is 0 Å². The molecule has 0 aliphatic carbocycles. The van der Waals surface area contributed by atoms with E-state index in [1.165, 1.54) is 0 Å². The standard InChI is InChI=1S/C24H24O4/c1-18(25)13-21-14-22(27-16-19-9-5-3-6-10-19)24(26-2)23(15-21)28-17-20-11-7-4-8-12-20/h3-12,14-15H,13,16-17H2,1-2H3. The molecular weight excluding hydrogens is 352 g/mol. The number of carbonyl (C=O) groups excluding carboxylic acids is 1. The van der Waals surface area contributed by atoms with Crippen LogP contribution in [0.3, 0.4) is 0 Å². The molecule has 0 fully saturated rings. The van der Waals surface area contributed by atoms with Gasteiger partial charge in [-0.3, -0.25) is 4.79 Å². The van der Waals surface area contributed by atoms with Gasteiger partial charge in [0.05, 0.1) is 7.11 Å². The predicted octanol–water partition coefficient (Wildman–Crippen LogP) is 4.98. The van der Waals surface area contributed by atoms with E-state index >= 15 is 0 Å². The lowest BCUT2D eigenvalue weighted by molar-refractivity contribution is -0.116. The molecule has 144 valence electrons. The second-order valence-corrected chi connectivity index (χ2v) is 6.55. The first-order valence-corrected chi connectivity index (χ1v) is 9.19. The third-order valence-corrected chi connectivity index (χ3v) is 4.21. The van der Waals surface area contributed by atoms with Gasteiger partial charge in [0.1, 0.15) is 19.0 Å². The van der Waals surface area contributed by atoms with Crippen molar-refractivity contribution in [2.24, 2.45) is 0 Å². The molecule has 0 aromatic heterocycles. The number of ketones is 1. The highest BCUT2D eigenvalue weighted by atomic mass is 16.5. The van der Waals surface area contributed by atoms with Gasteiger partial charge >= 0.3 is 0 Å². The highest BCUT2D eigenvalue weighted by Gasteiger charge is 2.16. The van der Waals surface area contributed by atoms with Gasteiger partial charge < -0.3 is 14.2 Å². The Morgan fingerprint density at radius 2 is 1.21 bits per heavy atom. The first-order chi connectivity index (χ1) is 13.7. The van der Waals surface area contributed by atoms with Crippen molar-refractivity contribution in [3.05, 3.63) is 89.5 Å². The molecule has 4 nitrogen and oxygen atoms in total. The fraction of sp³-hybridized carbons (Fsp3) is 0.208. The summed E-state index contributed by atoms with van der Waals surface area (Å²) in [5, 5.41) is 0. The van der Waals surface area contributed by atoms with Crippen molar-refractivity contribution in [2.45, 2.75) is 26.6 Å². The molecule has 0 aliphatic heterocycles. The lowest BCUT2D eigenvalue weighted by atomic mass is 10.1. The van der Waals surface area contributed by atoms with Crippen molar-refractivity contribution < 1.29 is 19.0 Å². The molecule has 28 heavy (non-hydrogen) atoms. The van der Waals surface area contributed by atoms with Crippen LogP contribution in [0.4, 0.5) is 0 Å². The molecule has 0 bridgehead atoms. The number of methoxy groups -OCH3 is 1. The molecule has 0 atom stereocenters. The number of hydrogen-bond donors (Lipinski definition) is 0. The highest BCUT2D eigenvalue weighted by Crippen LogP contribution is 2.39. The lowest BCUT2D eigenvalue weighted by Gasteiger charge is -2.17. The first kappa shape index (κ1) is 19.5. The van der Waals surface area contributed by atoms with Gasteiger partial charge in [0.25, 0.3) is 0 Å². The zero-order valence-corrected chi connectivity index (χ0v) is 16.2. The van der Waals surface area contributed by atoms with Gasteiger partial charge in [-0.2, -0.15) is 0 Å². The zero-order valence-electron chi connectivity index (χ0n) is 16.2. The molecule has 0 saturated heterocycles. The number of rotatable bonds is 9. The molecule has 0 amide bonds. The number of ether oxygens (including phenoxy) is 3. The summed E-state index contributed by atoms with van der Waals surface area (Å²) >= 11 is 0. The minimum Gasteiger partial charge on any atom is -0.490 e. The molecule has 4 heteroatoms. The molecule has 0 N–H and O–H groups in total. The molecular formula is C24H24O4. The van der Waals surface area contributed by atoms with Gasteiger partial charge in [-0.1, -0.05) is 60.7 Å². The molecule has 0 radical (unpaired) electrons. The van der Waals surface area contributed by atoms with E-state index in [0.717, 1.165) is 16.7 Å². The van der Waals surface area contributed by atoms with E-state index in [9.17, 15) is 4.79 Å². The summed E-state index contributed by atoms with van der Waals surface area (Å²) in [6.45, 7) is 2.37. The van der Waals surface area contributed by atoms with Crippen molar-refractivity contribution in [3.8, 4) is 17.2 Å². The summed E-state index contributed by atoms with van der Waals surface area (Å²) < 4.78 is 17.6. The Bertz CT molecular complexity index is 840. The maximum atomic E-state index is 11.6. The zero-order chi connectivity index (χ0) is 19.8. The lowest BCUT2D eigenvalue weighted by Crippen LogP contribution is -2.04. The van der Waals surface area contributed by atoms with Crippen LogP contribution in [0.15, 0.2) is 72.8 Å². The van der Waals surface area contributed by atoms with Crippen LogP contribution in [0.1, 0.15) is 23.6 Å². The smallest absolute Gasteiger partial charge is 0.203 e. The van der Waals surface area contributed by atoms with Crippen LogP contribution in [-0.4, -0.2) is 12.9 Å². The Balaban J connectivity index is 1.86. The van der Waals surface area contributed by atoms with Crippen molar-refractivity contribution in [1.82, 2.24) is 0 Å². The maximum Gasteiger partial charge on any atom is 0.203 e. The second-order valence-electron chi connectivity index (χ2n) is 6.55. The Morgan fingerprint density at radius 1 is 0.750 bits per heavy atom. The highest BCUT2D eigenvalue weighted by molar-refractivity contribution is 5.78. The Kier molecular flexibility index (Phi) is 6.68. The van der Waals surface area contributed by atoms with Crippen LogP contribution in [0, 0.1) is 0 Å². The molecule has 3 rings (SSSR count). The van der Waals surface area contributed by atoms with Crippen LogP contribution >= 0.6 is 0 Å². The number of benzene rings is 3. The van der Waals surface area contributed by atoms with E-state index in [-0.39, 0.29) is 5.78 Å². The molecule has 0 spiro atoms. The average molecular weight is 376 g/mol. The van der Waals surface area contributed by atoms with E-state index in [2.05, 4.69) is 0 Å². The SMILES string of the molecule is COc1c(OCc2ccccc2)cc(CC(C)=O)cc1OCc1ccccc1. The molecule has 0 heterocycles. The fourth-order valence-corrected chi connectivity index (χ4v) is 2.91. The fourth-order valence-electron chi connectivity index (χ4n) is 2.91. The predicted molar refractivity (Wildman–Crippen MR) is 109 cm³/mol. The molecule has 0 aliphatic rings. The summed E-state index contributed by atoms with van der Waals surface area (Å²) in [6, 6.07) is 23.5. The molecule has 3 aromatic carbocycles. The van der Waals surface area contributed by atoms with Crippen LogP contribution < -0.4 is 14.2 Å². The molecule has 3 aromatic rings. The summed E-state index contributed by atoms with van der Waals surface area (Å²) in [4.78, 5) is 11.6. The number of Topliss-reactive ketones (excluding diaryl/α,β-unsaturated/α-hetero) is 1. The van der Waals surface area contributed by atoms with Gasteiger partial charge in [-0.15, -0.1) is 0 Å². The Morgan fingerprint density at radius 3 is 1.61 bits per heavy atom. The summed E-state index contributed by atoms with van der Waals surface area (Å²) in [6.07, 6.45) is 0.313. The largest absolute Gasteiger partial charge is 0.490 e. The Hall–Kier alpha value is -3.27. The summed E-state index contributed by atoms with van der Waals surface area (Å²) in [7, 11) is 1.59. The normalized spacial score (nSPS) is 10.4. The maximum absolute atomic E-state index is 11.6. The monoisotopic (exact) mass is 376 g/mol. The van der Waals surface area contributed by atoms with Crippen LogP contribution in [0.25, 0.3) is 0 Å². The van der Waals surface area contributed by atoms with Crippen LogP contribution in [-0.2, 0) is 24.4 Å². The third kappa shape index (κ3) is 5.36. The van der Waals surface area contributed by atoms with Gasteiger partial charge in [0, 0.05) is 6.42 Å². The van der Waals surface area contributed by atoms with E-state index in [0.29, 0.717) is 36.9 Å². The van der Waals surface area contributed by atoms with E-state index in [1.54, 1.807) is 14.0 Å². The van der Waals surface area contributed by atoms with Crippen LogP contribution in [0.5, 0.6) is 17.2 Å². The minimum absolute atomic E-state index is 0.0770. The van der Waals surface area contributed by atoms with Gasteiger partial charge in [0.15, 0.2) is 11.5 Å². The van der Waals surface area contributed by atoms with Crippen molar-refractivity contribution >= 4 is 5.78 Å². The van der Waals surface area contributed by atoms with Crippen molar-refractivity contribution in [2.75, 3.05) is 7.11 Å². The van der Waals surface area contributed by atoms with E-state index < -0.39 is 0 Å².